The molecule has 1 heterocycles. The van der Waals surface area contributed by atoms with E-state index in [1.54, 1.807) is 19.1 Å². The minimum Gasteiger partial charge on any atom is -0.345 e. The van der Waals surface area contributed by atoms with Crippen molar-refractivity contribution in [2.45, 2.75) is 17.9 Å². The van der Waals surface area contributed by atoms with Crippen molar-refractivity contribution in [1.82, 2.24) is 5.32 Å². The SMILES string of the molecule is C[C@H](NC(=O)c1ccc([N+](=O)[O-])s1)c1ccc(S(N)(=O)=O)cc1. The molecular formula is C13H13N3O5S2. The molecule has 8 nitrogen and oxygen atoms in total. The molecule has 0 aliphatic rings. The third-order valence-corrected chi connectivity index (χ3v) is 5.02. The Bertz CT molecular complexity index is 843. The standard InChI is InChI=1S/C13H13N3O5S2/c1-8(9-2-4-10(5-3-9)23(14,20)21)15-13(17)11-6-7-12(22-11)16(18)19/h2-8H,1H3,(H,15,17)(H2,14,20,21)/t8-/m0/s1. The van der Waals surface area contributed by atoms with Crippen LogP contribution in [0.2, 0.25) is 0 Å². The lowest BCUT2D eigenvalue weighted by atomic mass is 10.1. The van der Waals surface area contributed by atoms with Crippen LogP contribution in [-0.4, -0.2) is 19.2 Å². The fourth-order valence-electron chi connectivity index (χ4n) is 1.85. The number of benzene rings is 1. The van der Waals surface area contributed by atoms with Gasteiger partial charge in [-0.15, -0.1) is 0 Å². The second kappa shape index (κ2) is 6.44. The van der Waals surface area contributed by atoms with Gasteiger partial charge in [0.15, 0.2) is 0 Å². The van der Waals surface area contributed by atoms with Crippen LogP contribution < -0.4 is 10.5 Å². The topological polar surface area (TPSA) is 132 Å². The molecule has 122 valence electrons. The first kappa shape index (κ1) is 17.1. The van der Waals surface area contributed by atoms with Crippen molar-refractivity contribution in [3.63, 3.8) is 0 Å². The smallest absolute Gasteiger partial charge is 0.324 e. The summed E-state index contributed by atoms with van der Waals surface area (Å²) >= 11 is 0.785. The Kier molecular flexibility index (Phi) is 4.78. The first-order valence-electron chi connectivity index (χ1n) is 6.36. The van der Waals surface area contributed by atoms with Crippen molar-refractivity contribution in [3.8, 4) is 0 Å². The van der Waals surface area contributed by atoms with Crippen molar-refractivity contribution < 1.29 is 18.1 Å². The second-order valence-electron chi connectivity index (χ2n) is 4.70. The highest BCUT2D eigenvalue weighted by molar-refractivity contribution is 7.89. The number of carbonyl (C=O) groups excluding carboxylic acids is 1. The summed E-state index contributed by atoms with van der Waals surface area (Å²) in [5, 5.41) is 18.2. The van der Waals surface area contributed by atoms with Crippen molar-refractivity contribution in [2.75, 3.05) is 0 Å². The maximum atomic E-state index is 12.1. The van der Waals surface area contributed by atoms with Crippen molar-refractivity contribution in [3.05, 3.63) is 57.0 Å². The van der Waals surface area contributed by atoms with Gasteiger partial charge in [-0.05, 0) is 30.7 Å². The van der Waals surface area contributed by atoms with Crippen LogP contribution in [0.1, 0.15) is 28.2 Å². The van der Waals surface area contributed by atoms with Gasteiger partial charge in [0.25, 0.3) is 5.91 Å². The fraction of sp³-hybridized carbons (Fsp3) is 0.154. The predicted molar refractivity (Wildman–Crippen MR) is 84.7 cm³/mol. The number of sulfonamides is 1. The maximum Gasteiger partial charge on any atom is 0.324 e. The number of nitro groups is 1. The van der Waals surface area contributed by atoms with Crippen LogP contribution in [0.3, 0.4) is 0 Å². The van der Waals surface area contributed by atoms with Gasteiger partial charge < -0.3 is 5.32 Å². The zero-order valence-corrected chi connectivity index (χ0v) is 13.6. The van der Waals surface area contributed by atoms with Crippen LogP contribution in [0.25, 0.3) is 0 Å². The van der Waals surface area contributed by atoms with E-state index in [0.29, 0.717) is 5.56 Å². The van der Waals surface area contributed by atoms with Gasteiger partial charge >= 0.3 is 5.00 Å². The van der Waals surface area contributed by atoms with Gasteiger partial charge in [0, 0.05) is 6.07 Å². The number of nitrogens with zero attached hydrogens (tertiary/aromatic N) is 1. The normalized spacial score (nSPS) is 12.6. The summed E-state index contributed by atoms with van der Waals surface area (Å²) in [6.07, 6.45) is 0. The zero-order valence-electron chi connectivity index (χ0n) is 11.9. The van der Waals surface area contributed by atoms with E-state index in [4.69, 9.17) is 5.14 Å². The number of carbonyl (C=O) groups is 1. The molecule has 0 unspecified atom stereocenters. The van der Waals surface area contributed by atoms with Gasteiger partial charge in [-0.2, -0.15) is 0 Å². The first-order chi connectivity index (χ1) is 10.7. The van der Waals surface area contributed by atoms with E-state index < -0.39 is 26.9 Å². The van der Waals surface area contributed by atoms with Crippen LogP contribution in [0.15, 0.2) is 41.3 Å². The molecule has 0 spiro atoms. The Hall–Kier alpha value is -2.30. The third kappa shape index (κ3) is 4.12. The highest BCUT2D eigenvalue weighted by Gasteiger charge is 2.17. The maximum absolute atomic E-state index is 12.1. The molecule has 0 fully saturated rings. The molecule has 23 heavy (non-hydrogen) atoms. The molecule has 0 bridgehead atoms. The summed E-state index contributed by atoms with van der Waals surface area (Å²) in [7, 11) is -3.77. The summed E-state index contributed by atoms with van der Waals surface area (Å²) in [6, 6.07) is 8.04. The highest BCUT2D eigenvalue weighted by atomic mass is 32.2. The van der Waals surface area contributed by atoms with Crippen LogP contribution in [0.4, 0.5) is 5.00 Å². The highest BCUT2D eigenvalue weighted by Crippen LogP contribution is 2.24. The molecule has 0 aliphatic heterocycles. The number of primary sulfonamides is 1. The minimum atomic E-state index is -3.77. The van der Waals surface area contributed by atoms with Crippen LogP contribution in [-0.2, 0) is 10.0 Å². The second-order valence-corrected chi connectivity index (χ2v) is 7.33. The number of rotatable bonds is 5. The third-order valence-electron chi connectivity index (χ3n) is 3.05. The Morgan fingerprint density at radius 3 is 2.35 bits per heavy atom. The number of hydrogen-bond donors (Lipinski definition) is 2. The molecule has 1 aromatic heterocycles. The van der Waals surface area contributed by atoms with Gasteiger partial charge in [-0.3, -0.25) is 14.9 Å². The molecule has 10 heteroatoms. The number of amides is 1. The molecule has 1 aromatic carbocycles. The Labute approximate surface area is 136 Å². The van der Waals surface area contributed by atoms with E-state index in [1.165, 1.54) is 24.3 Å². The van der Waals surface area contributed by atoms with E-state index in [0.717, 1.165) is 11.3 Å². The lowest BCUT2D eigenvalue weighted by Gasteiger charge is -2.14. The predicted octanol–water partition coefficient (Wildman–Crippen LogP) is 1.79. The molecule has 0 saturated heterocycles. The quantitative estimate of drug-likeness (QED) is 0.623. The van der Waals surface area contributed by atoms with Gasteiger partial charge in [0.1, 0.15) is 0 Å². The number of nitrogens with one attached hydrogen (secondary N) is 1. The Balaban J connectivity index is 2.10. The monoisotopic (exact) mass is 355 g/mol. The summed E-state index contributed by atoms with van der Waals surface area (Å²) in [6.45, 7) is 1.71. The first-order valence-corrected chi connectivity index (χ1v) is 8.72. The molecule has 0 saturated carbocycles. The molecule has 0 radical (unpaired) electrons. The van der Waals surface area contributed by atoms with Crippen LogP contribution >= 0.6 is 11.3 Å². The lowest BCUT2D eigenvalue weighted by Crippen LogP contribution is -2.25. The molecule has 2 aromatic rings. The Morgan fingerprint density at radius 1 is 1.26 bits per heavy atom. The number of thiophene rings is 1. The van der Waals surface area contributed by atoms with E-state index in [1.807, 2.05) is 0 Å². The van der Waals surface area contributed by atoms with Crippen molar-refractivity contribution in [1.29, 1.82) is 0 Å². The van der Waals surface area contributed by atoms with Gasteiger partial charge in [0.05, 0.1) is 20.7 Å². The summed E-state index contributed by atoms with van der Waals surface area (Å²) in [4.78, 5) is 22.3. The van der Waals surface area contributed by atoms with E-state index in [2.05, 4.69) is 5.32 Å². The summed E-state index contributed by atoms with van der Waals surface area (Å²) in [5.74, 6) is -0.439. The summed E-state index contributed by atoms with van der Waals surface area (Å²) in [5.41, 5.74) is 0.678. The zero-order chi connectivity index (χ0) is 17.2. The van der Waals surface area contributed by atoms with E-state index in [9.17, 15) is 23.3 Å². The van der Waals surface area contributed by atoms with E-state index >= 15 is 0 Å². The molecular weight excluding hydrogens is 342 g/mol. The van der Waals surface area contributed by atoms with Crippen molar-refractivity contribution >= 4 is 32.3 Å². The van der Waals surface area contributed by atoms with Crippen molar-refractivity contribution in [2.24, 2.45) is 5.14 Å². The fourth-order valence-corrected chi connectivity index (χ4v) is 3.08. The van der Waals surface area contributed by atoms with E-state index in [-0.39, 0.29) is 14.8 Å². The number of nitrogens with two attached hydrogens (primary N) is 1. The van der Waals surface area contributed by atoms with Gasteiger partial charge in [-0.1, -0.05) is 23.5 Å². The lowest BCUT2D eigenvalue weighted by molar-refractivity contribution is -0.380. The van der Waals surface area contributed by atoms with Gasteiger partial charge in [0.2, 0.25) is 10.0 Å². The molecule has 1 atom stereocenters. The average molecular weight is 355 g/mol. The molecule has 1 amide bonds. The molecule has 3 N–H and O–H groups in total. The molecule has 2 rings (SSSR count). The van der Waals surface area contributed by atoms with Crippen LogP contribution in [0, 0.1) is 10.1 Å². The van der Waals surface area contributed by atoms with Gasteiger partial charge in [-0.25, -0.2) is 13.6 Å². The largest absolute Gasteiger partial charge is 0.345 e. The summed E-state index contributed by atoms with van der Waals surface area (Å²) < 4.78 is 22.4. The number of hydrogen-bond acceptors (Lipinski definition) is 6. The Morgan fingerprint density at radius 2 is 1.87 bits per heavy atom. The average Bonchev–Trinajstić information content (AvgIpc) is 2.96. The van der Waals surface area contributed by atoms with Crippen LogP contribution in [0.5, 0.6) is 0 Å². The molecule has 0 aliphatic carbocycles. The minimum absolute atomic E-state index is 0.0198.